The van der Waals surface area contributed by atoms with Crippen LogP contribution in [0.15, 0.2) is 4.52 Å². The predicted octanol–water partition coefficient (Wildman–Crippen LogP) is 4.15. The summed E-state index contributed by atoms with van der Waals surface area (Å²) in [5, 5.41) is 4.17. The first-order chi connectivity index (χ1) is 9.58. The van der Waals surface area contributed by atoms with Crippen molar-refractivity contribution in [2.45, 2.75) is 84.6 Å². The number of rotatable bonds is 3. The zero-order valence-electron chi connectivity index (χ0n) is 14.5. The summed E-state index contributed by atoms with van der Waals surface area (Å²) in [6.07, 6.45) is 5.41. The van der Waals surface area contributed by atoms with Gasteiger partial charge in [-0.15, -0.1) is 0 Å². The first-order valence-corrected chi connectivity index (χ1v) is 8.22. The van der Waals surface area contributed by atoms with Gasteiger partial charge in [-0.05, 0) is 37.0 Å². The highest BCUT2D eigenvalue weighted by Crippen LogP contribution is 2.45. The van der Waals surface area contributed by atoms with Gasteiger partial charge in [0.15, 0.2) is 5.82 Å². The molecule has 0 aliphatic heterocycles. The summed E-state index contributed by atoms with van der Waals surface area (Å²) in [5.74, 6) is 2.12. The van der Waals surface area contributed by atoms with Gasteiger partial charge in [-0.25, -0.2) is 0 Å². The first kappa shape index (κ1) is 16.5. The summed E-state index contributed by atoms with van der Waals surface area (Å²) in [5.41, 5.74) is 6.47. The van der Waals surface area contributed by atoms with Crippen molar-refractivity contribution in [1.29, 1.82) is 0 Å². The minimum atomic E-state index is -0.409. The van der Waals surface area contributed by atoms with E-state index in [1.165, 1.54) is 6.42 Å². The highest BCUT2D eigenvalue weighted by Gasteiger charge is 2.41. The third-order valence-corrected chi connectivity index (χ3v) is 5.41. The zero-order chi connectivity index (χ0) is 15.9. The Morgan fingerprint density at radius 2 is 1.76 bits per heavy atom. The van der Waals surface area contributed by atoms with Crippen molar-refractivity contribution >= 4 is 0 Å². The number of nitrogens with two attached hydrogens (primary N) is 1. The second-order valence-corrected chi connectivity index (χ2v) is 8.45. The van der Waals surface area contributed by atoms with E-state index in [0.717, 1.165) is 31.6 Å². The topological polar surface area (TPSA) is 64.9 Å². The van der Waals surface area contributed by atoms with Crippen LogP contribution in [0, 0.1) is 11.3 Å². The summed E-state index contributed by atoms with van der Waals surface area (Å²) in [6, 6.07) is 0. The van der Waals surface area contributed by atoms with Gasteiger partial charge in [-0.3, -0.25) is 0 Å². The quantitative estimate of drug-likeness (QED) is 0.909. The molecule has 0 bridgehead atoms. The summed E-state index contributed by atoms with van der Waals surface area (Å²) in [6.45, 7) is 13.2. The highest BCUT2D eigenvalue weighted by atomic mass is 16.5. The Bertz CT molecular complexity index is 476. The summed E-state index contributed by atoms with van der Waals surface area (Å²) < 4.78 is 5.42. The van der Waals surface area contributed by atoms with Crippen LogP contribution >= 0.6 is 0 Å². The third kappa shape index (κ3) is 3.31. The van der Waals surface area contributed by atoms with E-state index in [1.807, 2.05) is 0 Å². The SMILES string of the molecule is CCC(C)(C)C1CCC(N)(c2noc(C(C)(C)C)n2)CC1. The van der Waals surface area contributed by atoms with Crippen molar-refractivity contribution in [3.63, 3.8) is 0 Å². The lowest BCUT2D eigenvalue weighted by Crippen LogP contribution is -2.43. The average Bonchev–Trinajstić information content (AvgIpc) is 2.89. The molecule has 120 valence electrons. The maximum atomic E-state index is 6.60. The summed E-state index contributed by atoms with van der Waals surface area (Å²) in [4.78, 5) is 4.58. The molecule has 1 fully saturated rings. The fourth-order valence-corrected chi connectivity index (χ4v) is 3.16. The van der Waals surface area contributed by atoms with E-state index in [9.17, 15) is 0 Å². The highest BCUT2D eigenvalue weighted by molar-refractivity contribution is 5.09. The van der Waals surface area contributed by atoms with E-state index in [1.54, 1.807) is 0 Å². The fourth-order valence-electron chi connectivity index (χ4n) is 3.16. The Labute approximate surface area is 128 Å². The lowest BCUT2D eigenvalue weighted by atomic mass is 9.65. The van der Waals surface area contributed by atoms with Gasteiger partial charge >= 0.3 is 0 Å². The standard InChI is InChI=1S/C17H31N3O/c1-7-16(5,6)12-8-10-17(18,11-9-12)13-19-14(21-20-13)15(2,3)4/h12H,7-11,18H2,1-6H3. The van der Waals surface area contributed by atoms with Crippen molar-refractivity contribution in [2.24, 2.45) is 17.1 Å². The average molecular weight is 293 g/mol. The van der Waals surface area contributed by atoms with Crippen LogP contribution in [-0.2, 0) is 11.0 Å². The van der Waals surface area contributed by atoms with Crippen LogP contribution in [0.3, 0.4) is 0 Å². The molecule has 0 atom stereocenters. The molecule has 0 spiro atoms. The molecular formula is C17H31N3O. The largest absolute Gasteiger partial charge is 0.339 e. The monoisotopic (exact) mass is 293 g/mol. The van der Waals surface area contributed by atoms with Crippen LogP contribution in [0.2, 0.25) is 0 Å². The van der Waals surface area contributed by atoms with Crippen LogP contribution in [0.5, 0.6) is 0 Å². The van der Waals surface area contributed by atoms with Crippen LogP contribution < -0.4 is 5.73 Å². The van der Waals surface area contributed by atoms with Gasteiger partial charge in [0, 0.05) is 5.41 Å². The second kappa shape index (κ2) is 5.38. The molecule has 2 N–H and O–H groups in total. The molecule has 2 rings (SSSR count). The zero-order valence-corrected chi connectivity index (χ0v) is 14.5. The molecule has 0 radical (unpaired) electrons. The van der Waals surface area contributed by atoms with E-state index in [0.29, 0.717) is 17.1 Å². The Hall–Kier alpha value is -0.900. The van der Waals surface area contributed by atoms with Gasteiger partial charge in [0.05, 0.1) is 5.54 Å². The van der Waals surface area contributed by atoms with Crippen LogP contribution in [0.4, 0.5) is 0 Å². The molecule has 4 heteroatoms. The number of aromatic nitrogens is 2. The van der Waals surface area contributed by atoms with Gasteiger partial charge in [0.25, 0.3) is 0 Å². The lowest BCUT2D eigenvalue weighted by Gasteiger charge is -2.42. The summed E-state index contributed by atoms with van der Waals surface area (Å²) >= 11 is 0. The van der Waals surface area contributed by atoms with Gasteiger partial charge < -0.3 is 10.3 Å². The molecule has 21 heavy (non-hydrogen) atoms. The van der Waals surface area contributed by atoms with Crippen LogP contribution in [0.25, 0.3) is 0 Å². The molecule has 0 saturated heterocycles. The molecule has 1 aliphatic rings. The minimum absolute atomic E-state index is 0.122. The normalized spacial score (nSPS) is 27.9. The maximum absolute atomic E-state index is 6.60. The van der Waals surface area contributed by atoms with Crippen LogP contribution in [0.1, 0.15) is 85.4 Å². The minimum Gasteiger partial charge on any atom is -0.339 e. The maximum Gasteiger partial charge on any atom is 0.232 e. The molecule has 1 saturated carbocycles. The van der Waals surface area contributed by atoms with Crippen LogP contribution in [-0.4, -0.2) is 10.1 Å². The van der Waals surface area contributed by atoms with Crippen molar-refractivity contribution in [3.8, 4) is 0 Å². The van der Waals surface area contributed by atoms with Crippen molar-refractivity contribution in [1.82, 2.24) is 10.1 Å². The molecule has 0 unspecified atom stereocenters. The number of hydrogen-bond acceptors (Lipinski definition) is 4. The second-order valence-electron chi connectivity index (χ2n) is 8.45. The Morgan fingerprint density at radius 3 is 2.19 bits per heavy atom. The summed E-state index contributed by atoms with van der Waals surface area (Å²) in [7, 11) is 0. The van der Waals surface area contributed by atoms with Gasteiger partial charge in [-0.1, -0.05) is 53.1 Å². The Balaban J connectivity index is 2.10. The number of nitrogens with zero attached hydrogens (tertiary/aromatic N) is 2. The molecule has 1 aromatic heterocycles. The molecular weight excluding hydrogens is 262 g/mol. The van der Waals surface area contributed by atoms with E-state index in [2.05, 4.69) is 51.7 Å². The van der Waals surface area contributed by atoms with E-state index in [-0.39, 0.29) is 5.41 Å². The smallest absolute Gasteiger partial charge is 0.232 e. The fraction of sp³-hybridized carbons (Fsp3) is 0.882. The molecule has 0 aromatic carbocycles. The van der Waals surface area contributed by atoms with E-state index in [4.69, 9.17) is 10.3 Å². The lowest BCUT2D eigenvalue weighted by molar-refractivity contribution is 0.110. The van der Waals surface area contributed by atoms with Gasteiger partial charge in [-0.2, -0.15) is 4.98 Å². The molecule has 1 aliphatic carbocycles. The Morgan fingerprint density at radius 1 is 1.19 bits per heavy atom. The third-order valence-electron chi connectivity index (χ3n) is 5.41. The first-order valence-electron chi connectivity index (χ1n) is 8.22. The predicted molar refractivity (Wildman–Crippen MR) is 84.9 cm³/mol. The van der Waals surface area contributed by atoms with Crippen molar-refractivity contribution < 1.29 is 4.52 Å². The molecule has 1 aromatic rings. The molecule has 0 amide bonds. The van der Waals surface area contributed by atoms with Gasteiger partial charge in [0.2, 0.25) is 5.89 Å². The molecule has 1 heterocycles. The van der Waals surface area contributed by atoms with Crippen molar-refractivity contribution in [2.75, 3.05) is 0 Å². The Kier molecular flexibility index (Phi) is 4.22. The number of hydrogen-bond donors (Lipinski definition) is 1. The van der Waals surface area contributed by atoms with Gasteiger partial charge in [0.1, 0.15) is 0 Å². The molecule has 4 nitrogen and oxygen atoms in total. The van der Waals surface area contributed by atoms with Crippen molar-refractivity contribution in [3.05, 3.63) is 11.7 Å². The van der Waals surface area contributed by atoms with E-state index < -0.39 is 5.54 Å². The van der Waals surface area contributed by atoms with E-state index >= 15 is 0 Å².